The smallest absolute Gasteiger partial charge is 0.341 e. The Hall–Kier alpha value is -3.21. The van der Waals surface area contributed by atoms with Crippen LogP contribution in [0.25, 0.3) is 0 Å². The largest absolute Gasteiger partial charge is 0.465 e. The van der Waals surface area contributed by atoms with E-state index in [9.17, 15) is 18.0 Å². The second-order valence-corrected chi connectivity index (χ2v) is 12.1. The molecule has 0 aliphatic carbocycles. The predicted molar refractivity (Wildman–Crippen MR) is 140 cm³/mol. The number of ether oxygens (including phenoxy) is 1. The van der Waals surface area contributed by atoms with Gasteiger partial charge in [0.25, 0.3) is 15.9 Å². The third-order valence-electron chi connectivity index (χ3n) is 6.50. The highest BCUT2D eigenvalue weighted by Crippen LogP contribution is 2.35. The standard InChI is InChI=1S/C26H29N3O5S2/c1-17(2)29-15-14-21-22(16-29)35-25(23(21)26(31)34-4)27-24(30)18-10-12-20(13-11-18)36(32,33)28(3)19-8-6-5-7-9-19/h5-13,17H,14-16H2,1-4H3,(H,27,30)/p+1. The number of nitrogens with zero attached hydrogens (tertiary/aromatic N) is 1. The molecule has 1 atom stereocenters. The third kappa shape index (κ3) is 5.02. The summed E-state index contributed by atoms with van der Waals surface area (Å²) >= 11 is 1.40. The number of carbonyl (C=O) groups excluding carboxylic acids is 2. The maximum Gasteiger partial charge on any atom is 0.341 e. The topological polar surface area (TPSA) is 97.2 Å². The zero-order valence-corrected chi connectivity index (χ0v) is 22.3. The maximum absolute atomic E-state index is 13.1. The van der Waals surface area contributed by atoms with Crippen LogP contribution in [0.2, 0.25) is 0 Å². The minimum Gasteiger partial charge on any atom is -0.465 e. The van der Waals surface area contributed by atoms with Crippen molar-refractivity contribution >= 4 is 43.9 Å². The fourth-order valence-electron chi connectivity index (χ4n) is 4.29. The summed E-state index contributed by atoms with van der Waals surface area (Å²) in [7, 11) is -0.971. The van der Waals surface area contributed by atoms with Crippen LogP contribution in [0.15, 0.2) is 59.5 Å². The number of sulfonamides is 1. The molecule has 1 amide bonds. The molecule has 0 radical (unpaired) electrons. The van der Waals surface area contributed by atoms with Crippen molar-refractivity contribution in [3.8, 4) is 0 Å². The number of rotatable bonds is 7. The minimum absolute atomic E-state index is 0.0731. The summed E-state index contributed by atoms with van der Waals surface area (Å²) < 4.78 is 32.2. The van der Waals surface area contributed by atoms with E-state index in [0.29, 0.717) is 22.3 Å². The van der Waals surface area contributed by atoms with Crippen molar-refractivity contribution in [2.24, 2.45) is 0 Å². The van der Waals surface area contributed by atoms with Crippen LogP contribution in [-0.2, 0) is 27.7 Å². The minimum atomic E-state index is -3.79. The van der Waals surface area contributed by atoms with E-state index in [2.05, 4.69) is 19.2 Å². The number of fused-ring (bicyclic) bond motifs is 1. The van der Waals surface area contributed by atoms with E-state index in [4.69, 9.17) is 4.74 Å². The SMILES string of the molecule is COC(=O)c1c(NC(=O)c2ccc(S(=O)(=O)N(C)c3ccccc3)cc2)sc2c1CC[NH+](C(C)C)C2. The van der Waals surface area contributed by atoms with Crippen molar-refractivity contribution in [3.63, 3.8) is 0 Å². The first-order valence-corrected chi connectivity index (χ1v) is 13.9. The lowest BCUT2D eigenvalue weighted by molar-refractivity contribution is -0.936. The molecule has 1 aliphatic rings. The lowest BCUT2D eigenvalue weighted by atomic mass is 10.0. The average Bonchev–Trinajstić information content (AvgIpc) is 3.25. The Balaban J connectivity index is 1.57. The van der Waals surface area contributed by atoms with Gasteiger partial charge in [0, 0.05) is 19.0 Å². The highest BCUT2D eigenvalue weighted by molar-refractivity contribution is 7.92. The highest BCUT2D eigenvalue weighted by atomic mass is 32.2. The Morgan fingerprint density at radius 2 is 1.75 bits per heavy atom. The van der Waals surface area contributed by atoms with Gasteiger partial charge in [-0.25, -0.2) is 13.2 Å². The molecule has 10 heteroatoms. The molecular weight excluding hydrogens is 498 g/mol. The van der Waals surface area contributed by atoms with Crippen LogP contribution in [0.1, 0.15) is 45.0 Å². The first-order chi connectivity index (χ1) is 17.1. The maximum atomic E-state index is 13.1. The molecule has 8 nitrogen and oxygen atoms in total. The molecule has 1 aliphatic heterocycles. The zero-order valence-electron chi connectivity index (χ0n) is 20.7. The number of nitrogens with one attached hydrogen (secondary N) is 2. The molecule has 0 bridgehead atoms. The lowest BCUT2D eigenvalue weighted by Crippen LogP contribution is -3.14. The van der Waals surface area contributed by atoms with E-state index < -0.39 is 21.9 Å². The Bertz CT molecular complexity index is 1370. The van der Waals surface area contributed by atoms with Gasteiger partial charge in [0.2, 0.25) is 0 Å². The number of methoxy groups -OCH3 is 1. The number of quaternary nitrogens is 1. The summed E-state index contributed by atoms with van der Waals surface area (Å²) in [5, 5.41) is 3.32. The number of para-hydroxylation sites is 1. The number of benzene rings is 2. The fourth-order valence-corrected chi connectivity index (χ4v) is 6.77. The highest BCUT2D eigenvalue weighted by Gasteiger charge is 2.32. The van der Waals surface area contributed by atoms with Gasteiger partial charge in [-0.1, -0.05) is 18.2 Å². The van der Waals surface area contributed by atoms with Crippen molar-refractivity contribution in [3.05, 3.63) is 76.2 Å². The first-order valence-electron chi connectivity index (χ1n) is 11.7. The number of thiophene rings is 1. The van der Waals surface area contributed by atoms with E-state index in [1.165, 1.54) is 59.0 Å². The van der Waals surface area contributed by atoms with Crippen LogP contribution >= 0.6 is 11.3 Å². The van der Waals surface area contributed by atoms with Gasteiger partial charge in [-0.05, 0) is 55.8 Å². The summed E-state index contributed by atoms with van der Waals surface area (Å²) in [6, 6.07) is 15.0. The number of hydrogen-bond donors (Lipinski definition) is 2. The second kappa shape index (κ2) is 10.4. The van der Waals surface area contributed by atoms with E-state index in [-0.39, 0.29) is 10.5 Å². The summed E-state index contributed by atoms with van der Waals surface area (Å²) in [6.07, 6.45) is 0.737. The van der Waals surface area contributed by atoms with E-state index in [1.807, 2.05) is 6.07 Å². The van der Waals surface area contributed by atoms with Crippen LogP contribution in [0.4, 0.5) is 10.7 Å². The summed E-state index contributed by atoms with van der Waals surface area (Å²) in [6.45, 7) is 6.03. The number of carbonyl (C=O) groups is 2. The number of anilines is 2. The van der Waals surface area contributed by atoms with Gasteiger partial charge in [0.05, 0.1) is 40.7 Å². The zero-order chi connectivity index (χ0) is 26.0. The molecule has 3 aromatic rings. The molecule has 2 N–H and O–H groups in total. The van der Waals surface area contributed by atoms with Gasteiger partial charge in [-0.15, -0.1) is 11.3 Å². The number of esters is 1. The van der Waals surface area contributed by atoms with Crippen LogP contribution in [0, 0.1) is 0 Å². The van der Waals surface area contributed by atoms with Crippen molar-refractivity contribution in [1.82, 2.24) is 0 Å². The molecule has 0 saturated heterocycles. The van der Waals surface area contributed by atoms with Crippen molar-refractivity contribution < 1.29 is 27.6 Å². The average molecular weight is 529 g/mol. The predicted octanol–water partition coefficient (Wildman–Crippen LogP) is 2.96. The Labute approximate surface area is 215 Å². The molecule has 36 heavy (non-hydrogen) atoms. The van der Waals surface area contributed by atoms with Gasteiger partial charge in [0.1, 0.15) is 11.5 Å². The molecule has 1 unspecified atom stereocenters. The Kier molecular flexibility index (Phi) is 7.49. The first kappa shape index (κ1) is 25.9. The van der Waals surface area contributed by atoms with Crippen LogP contribution in [-0.4, -0.2) is 47.0 Å². The quantitative estimate of drug-likeness (QED) is 0.460. The molecular formula is C26H30N3O5S2+. The molecule has 0 saturated carbocycles. The molecule has 2 aromatic carbocycles. The molecule has 0 spiro atoms. The van der Waals surface area contributed by atoms with Gasteiger partial charge >= 0.3 is 5.97 Å². The van der Waals surface area contributed by atoms with Crippen LogP contribution in [0.5, 0.6) is 0 Å². The van der Waals surface area contributed by atoms with Crippen molar-refractivity contribution in [1.29, 1.82) is 0 Å². The van der Waals surface area contributed by atoms with Crippen molar-refractivity contribution in [2.45, 2.75) is 37.8 Å². The monoisotopic (exact) mass is 528 g/mol. The summed E-state index contributed by atoms with van der Waals surface area (Å²) in [5.74, 6) is -0.895. The van der Waals surface area contributed by atoms with Gasteiger partial charge in [-0.3, -0.25) is 9.10 Å². The van der Waals surface area contributed by atoms with E-state index >= 15 is 0 Å². The molecule has 4 rings (SSSR count). The molecule has 190 valence electrons. The van der Waals surface area contributed by atoms with Gasteiger partial charge < -0.3 is 15.0 Å². The lowest BCUT2D eigenvalue weighted by Gasteiger charge is -2.27. The molecule has 0 fully saturated rings. The molecule has 1 aromatic heterocycles. The summed E-state index contributed by atoms with van der Waals surface area (Å²) in [4.78, 5) is 28.2. The Morgan fingerprint density at radius 1 is 1.08 bits per heavy atom. The second-order valence-electron chi connectivity index (χ2n) is 8.98. The third-order valence-corrected chi connectivity index (χ3v) is 9.45. The molecule has 2 heterocycles. The van der Waals surface area contributed by atoms with E-state index in [1.54, 1.807) is 24.3 Å². The van der Waals surface area contributed by atoms with Crippen LogP contribution < -0.4 is 14.5 Å². The van der Waals surface area contributed by atoms with Crippen molar-refractivity contribution in [2.75, 3.05) is 30.3 Å². The Morgan fingerprint density at radius 3 is 2.36 bits per heavy atom. The van der Waals surface area contributed by atoms with Gasteiger partial charge in [-0.2, -0.15) is 0 Å². The fraction of sp³-hybridized carbons (Fsp3) is 0.308. The normalized spacial score (nSPS) is 15.3. The van der Waals surface area contributed by atoms with E-state index in [0.717, 1.165) is 30.0 Å². The van der Waals surface area contributed by atoms with Crippen LogP contribution in [0.3, 0.4) is 0 Å². The number of amides is 1. The van der Waals surface area contributed by atoms with Gasteiger partial charge in [0.15, 0.2) is 0 Å². The summed E-state index contributed by atoms with van der Waals surface area (Å²) in [5.41, 5.74) is 2.18. The number of hydrogen-bond acceptors (Lipinski definition) is 6.